The molecule has 0 aromatic heterocycles. The van der Waals surface area contributed by atoms with E-state index in [4.69, 9.17) is 21.6 Å². The Bertz CT molecular complexity index is 413. The minimum Gasteiger partial charge on any atom is -0.496 e. The fraction of sp³-hybridized carbons (Fsp3) is 0.462. The van der Waals surface area contributed by atoms with Gasteiger partial charge < -0.3 is 10.1 Å². The van der Waals surface area contributed by atoms with Gasteiger partial charge in [0.2, 0.25) is 0 Å². The number of methoxy groups -OCH3 is 1. The number of benzene rings is 1. The van der Waals surface area contributed by atoms with Crippen LogP contribution in [0.1, 0.15) is 17.5 Å². The molecule has 0 spiro atoms. The van der Waals surface area contributed by atoms with E-state index in [1.807, 2.05) is 19.1 Å². The van der Waals surface area contributed by atoms with E-state index in [9.17, 15) is 0 Å². The third-order valence-corrected chi connectivity index (χ3v) is 2.95. The number of halogens is 1. The van der Waals surface area contributed by atoms with Crippen LogP contribution in [0.25, 0.3) is 0 Å². The summed E-state index contributed by atoms with van der Waals surface area (Å²) in [5, 5.41) is 12.4. The zero-order valence-electron chi connectivity index (χ0n) is 10.2. The summed E-state index contributed by atoms with van der Waals surface area (Å²) in [6.07, 6.45) is 1.38. The summed E-state index contributed by atoms with van der Waals surface area (Å²) in [6.45, 7) is 3.50. The highest BCUT2D eigenvalue weighted by Gasteiger charge is 2.06. The van der Waals surface area contributed by atoms with E-state index >= 15 is 0 Å². The van der Waals surface area contributed by atoms with Crippen molar-refractivity contribution in [2.24, 2.45) is 0 Å². The molecule has 0 fully saturated rings. The van der Waals surface area contributed by atoms with Crippen LogP contribution in [0, 0.1) is 18.3 Å². The molecule has 0 amide bonds. The predicted molar refractivity (Wildman–Crippen MR) is 69.5 cm³/mol. The Balaban J connectivity index is 2.58. The van der Waals surface area contributed by atoms with Gasteiger partial charge in [0.15, 0.2) is 0 Å². The summed E-state index contributed by atoms with van der Waals surface area (Å²) in [5.41, 5.74) is 2.11. The van der Waals surface area contributed by atoms with Gasteiger partial charge in [-0.3, -0.25) is 0 Å². The Labute approximate surface area is 107 Å². The molecule has 0 atom stereocenters. The molecule has 0 aliphatic heterocycles. The number of nitrogens with zero attached hydrogens (tertiary/aromatic N) is 1. The molecule has 1 N–H and O–H groups in total. The Morgan fingerprint density at radius 3 is 2.82 bits per heavy atom. The normalized spacial score (nSPS) is 10.0. The number of ether oxygens (including phenoxy) is 1. The summed E-state index contributed by atoms with van der Waals surface area (Å²) in [6, 6.07) is 5.99. The fourth-order valence-electron chi connectivity index (χ4n) is 1.57. The predicted octanol–water partition coefficient (Wildman–Crippen LogP) is 2.70. The average molecular weight is 253 g/mol. The van der Waals surface area contributed by atoms with Crippen molar-refractivity contribution in [2.75, 3.05) is 20.2 Å². The van der Waals surface area contributed by atoms with Crippen LogP contribution in [0.4, 0.5) is 0 Å². The molecule has 0 bridgehead atoms. The summed E-state index contributed by atoms with van der Waals surface area (Å²) in [4.78, 5) is 0. The molecule has 17 heavy (non-hydrogen) atoms. The van der Waals surface area contributed by atoms with E-state index in [2.05, 4.69) is 11.4 Å². The lowest BCUT2D eigenvalue weighted by Crippen LogP contribution is -2.18. The molecule has 1 aromatic carbocycles. The van der Waals surface area contributed by atoms with Crippen LogP contribution in [-0.4, -0.2) is 20.2 Å². The van der Waals surface area contributed by atoms with Crippen molar-refractivity contribution in [3.63, 3.8) is 0 Å². The van der Waals surface area contributed by atoms with Crippen LogP contribution in [0.2, 0.25) is 5.02 Å². The van der Waals surface area contributed by atoms with E-state index in [0.29, 0.717) is 6.42 Å². The van der Waals surface area contributed by atoms with Gasteiger partial charge in [-0.05, 0) is 43.1 Å². The Morgan fingerprint density at radius 1 is 1.41 bits per heavy atom. The average Bonchev–Trinajstić information content (AvgIpc) is 2.33. The van der Waals surface area contributed by atoms with Crippen LogP contribution in [0.5, 0.6) is 5.75 Å². The molecule has 3 nitrogen and oxygen atoms in total. The maximum Gasteiger partial charge on any atom is 0.122 e. The zero-order valence-corrected chi connectivity index (χ0v) is 11.0. The highest BCUT2D eigenvalue weighted by Crippen LogP contribution is 2.26. The van der Waals surface area contributed by atoms with Crippen LogP contribution in [0.3, 0.4) is 0 Å². The smallest absolute Gasteiger partial charge is 0.122 e. The highest BCUT2D eigenvalue weighted by molar-refractivity contribution is 6.31. The molecule has 0 saturated heterocycles. The molecule has 0 aliphatic carbocycles. The standard InChI is InChI=1S/C13H17ClN2O/c1-10-8-13(17-2)11(9-12(10)14)4-7-16-6-3-5-15/h8-9,16H,3-4,6-7H2,1-2H3. The molecule has 0 unspecified atom stereocenters. The Morgan fingerprint density at radius 2 is 2.18 bits per heavy atom. The van der Waals surface area contributed by atoms with Gasteiger partial charge in [0, 0.05) is 18.0 Å². The molecule has 0 saturated carbocycles. The molecule has 1 aromatic rings. The zero-order chi connectivity index (χ0) is 12.7. The second-order valence-corrected chi connectivity index (χ2v) is 4.23. The number of nitrogens with one attached hydrogen (secondary N) is 1. The lowest BCUT2D eigenvalue weighted by Gasteiger charge is -2.11. The van der Waals surface area contributed by atoms with Crippen molar-refractivity contribution < 1.29 is 4.74 Å². The van der Waals surface area contributed by atoms with E-state index in [1.165, 1.54) is 0 Å². The molecule has 0 radical (unpaired) electrons. The molecule has 1 rings (SSSR count). The van der Waals surface area contributed by atoms with Crippen molar-refractivity contribution in [3.8, 4) is 11.8 Å². The quantitative estimate of drug-likeness (QED) is 0.792. The molecular formula is C13H17ClN2O. The van der Waals surface area contributed by atoms with Crippen molar-refractivity contribution in [1.82, 2.24) is 5.32 Å². The molecule has 0 aliphatic rings. The van der Waals surface area contributed by atoms with Crippen LogP contribution < -0.4 is 10.1 Å². The minimum atomic E-state index is 0.534. The Hall–Kier alpha value is -1.24. The summed E-state index contributed by atoms with van der Waals surface area (Å²) in [5.74, 6) is 0.869. The number of rotatable bonds is 6. The number of aryl methyl sites for hydroxylation is 1. The second-order valence-electron chi connectivity index (χ2n) is 3.82. The van der Waals surface area contributed by atoms with E-state index in [1.54, 1.807) is 7.11 Å². The maximum atomic E-state index is 8.40. The Kier molecular flexibility index (Phi) is 5.82. The lowest BCUT2D eigenvalue weighted by atomic mass is 10.1. The van der Waals surface area contributed by atoms with Gasteiger partial charge in [-0.15, -0.1) is 0 Å². The van der Waals surface area contributed by atoms with Gasteiger partial charge in [0.1, 0.15) is 5.75 Å². The van der Waals surface area contributed by atoms with E-state index in [0.717, 1.165) is 41.4 Å². The van der Waals surface area contributed by atoms with Crippen LogP contribution in [-0.2, 0) is 6.42 Å². The molecule has 0 heterocycles. The van der Waals surface area contributed by atoms with Crippen molar-refractivity contribution >= 4 is 11.6 Å². The second kappa shape index (κ2) is 7.16. The topological polar surface area (TPSA) is 45.0 Å². The van der Waals surface area contributed by atoms with Crippen molar-refractivity contribution in [2.45, 2.75) is 19.8 Å². The largest absolute Gasteiger partial charge is 0.496 e. The third kappa shape index (κ3) is 4.26. The van der Waals surface area contributed by atoms with E-state index < -0.39 is 0 Å². The summed E-state index contributed by atoms with van der Waals surface area (Å²) in [7, 11) is 1.66. The first-order valence-corrected chi connectivity index (χ1v) is 5.97. The third-order valence-electron chi connectivity index (χ3n) is 2.55. The molecule has 92 valence electrons. The molecular weight excluding hydrogens is 236 g/mol. The number of hydrogen-bond acceptors (Lipinski definition) is 3. The SMILES string of the molecule is COc1cc(C)c(Cl)cc1CCNCCC#N. The lowest BCUT2D eigenvalue weighted by molar-refractivity contribution is 0.409. The van der Waals surface area contributed by atoms with Gasteiger partial charge in [0.05, 0.1) is 13.2 Å². The van der Waals surface area contributed by atoms with E-state index in [-0.39, 0.29) is 0 Å². The highest BCUT2D eigenvalue weighted by atomic mass is 35.5. The first-order chi connectivity index (χ1) is 8.19. The number of hydrogen-bond donors (Lipinski definition) is 1. The fourth-order valence-corrected chi connectivity index (χ4v) is 1.76. The maximum absolute atomic E-state index is 8.40. The van der Waals surface area contributed by atoms with Gasteiger partial charge in [0.25, 0.3) is 0 Å². The summed E-state index contributed by atoms with van der Waals surface area (Å²) < 4.78 is 5.32. The summed E-state index contributed by atoms with van der Waals surface area (Å²) >= 11 is 6.09. The number of nitriles is 1. The first-order valence-electron chi connectivity index (χ1n) is 5.59. The van der Waals surface area contributed by atoms with Crippen molar-refractivity contribution in [1.29, 1.82) is 5.26 Å². The van der Waals surface area contributed by atoms with Crippen LogP contribution >= 0.6 is 11.6 Å². The van der Waals surface area contributed by atoms with Gasteiger partial charge in [-0.1, -0.05) is 11.6 Å². The van der Waals surface area contributed by atoms with Gasteiger partial charge in [-0.25, -0.2) is 0 Å². The van der Waals surface area contributed by atoms with Crippen molar-refractivity contribution in [3.05, 3.63) is 28.3 Å². The van der Waals surface area contributed by atoms with Gasteiger partial charge in [-0.2, -0.15) is 5.26 Å². The van der Waals surface area contributed by atoms with Crippen LogP contribution in [0.15, 0.2) is 12.1 Å². The molecule has 4 heteroatoms. The minimum absolute atomic E-state index is 0.534. The first kappa shape index (κ1) is 13.8. The van der Waals surface area contributed by atoms with Gasteiger partial charge >= 0.3 is 0 Å². The monoisotopic (exact) mass is 252 g/mol.